The topological polar surface area (TPSA) is 93.2 Å². The first-order chi connectivity index (χ1) is 11.2. The van der Waals surface area contributed by atoms with E-state index in [2.05, 4.69) is 10.9 Å². The molecular formula is C18H20N4O. The lowest BCUT2D eigenvalue weighted by atomic mass is 10.0. The number of anilines is 1. The first-order valence-electron chi connectivity index (χ1n) is 7.22. The Morgan fingerprint density at radius 3 is 2.13 bits per heavy atom. The molecule has 0 saturated carbocycles. The predicted octanol–water partition coefficient (Wildman–Crippen LogP) is 2.34. The minimum atomic E-state index is -0.175. The highest BCUT2D eigenvalue weighted by Gasteiger charge is 2.04. The van der Waals surface area contributed by atoms with Crippen molar-refractivity contribution in [2.24, 2.45) is 11.7 Å². The molecule has 23 heavy (non-hydrogen) atoms. The number of nitrogens with one attached hydrogen (secondary N) is 2. The number of rotatable bonds is 3. The molecule has 0 atom stereocenters. The van der Waals surface area contributed by atoms with Gasteiger partial charge >= 0.3 is 0 Å². The molecule has 118 valence electrons. The molecule has 0 fully saturated rings. The van der Waals surface area contributed by atoms with Crippen molar-refractivity contribution in [3.63, 3.8) is 0 Å². The Labute approximate surface area is 135 Å². The standard InChI is InChI=1S/C12H12N2O.C6H8N2/c13-14-12(15)8-10-6-3-5-9-4-1-2-7-11(9)10;7-8-6-4-2-1-3-5-6/h1-7H,8,13H2,(H,14,15);1-5,8H,7H2. The molecule has 0 heterocycles. The van der Waals surface area contributed by atoms with Crippen LogP contribution < -0.4 is 22.5 Å². The van der Waals surface area contributed by atoms with E-state index >= 15 is 0 Å². The number of hydrazine groups is 2. The van der Waals surface area contributed by atoms with Crippen molar-refractivity contribution in [3.8, 4) is 0 Å². The first kappa shape index (κ1) is 16.5. The Hall–Kier alpha value is -2.89. The molecule has 3 aromatic rings. The summed E-state index contributed by atoms with van der Waals surface area (Å²) in [6.45, 7) is 0. The van der Waals surface area contributed by atoms with Crippen molar-refractivity contribution in [2.75, 3.05) is 5.43 Å². The third kappa shape index (κ3) is 4.81. The SMILES string of the molecule is NNC(=O)Cc1cccc2ccccc12.NNc1ccccc1. The minimum Gasteiger partial charge on any atom is -0.324 e. The van der Waals surface area contributed by atoms with Crippen LogP contribution in [-0.2, 0) is 11.2 Å². The van der Waals surface area contributed by atoms with Crippen LogP contribution in [0.2, 0.25) is 0 Å². The molecular weight excluding hydrogens is 288 g/mol. The third-order valence-electron chi connectivity index (χ3n) is 3.33. The molecule has 0 saturated heterocycles. The summed E-state index contributed by atoms with van der Waals surface area (Å²) in [6.07, 6.45) is 0.317. The molecule has 6 N–H and O–H groups in total. The Balaban J connectivity index is 0.000000203. The van der Waals surface area contributed by atoms with Crippen molar-refractivity contribution in [1.82, 2.24) is 5.43 Å². The summed E-state index contributed by atoms with van der Waals surface area (Å²) >= 11 is 0. The maximum Gasteiger partial charge on any atom is 0.238 e. The van der Waals surface area contributed by atoms with E-state index in [0.717, 1.165) is 22.0 Å². The second kappa shape index (κ2) is 8.53. The summed E-state index contributed by atoms with van der Waals surface area (Å²) < 4.78 is 0. The van der Waals surface area contributed by atoms with Gasteiger partial charge in [0.05, 0.1) is 6.42 Å². The van der Waals surface area contributed by atoms with E-state index < -0.39 is 0 Å². The van der Waals surface area contributed by atoms with Crippen LogP contribution in [0.3, 0.4) is 0 Å². The summed E-state index contributed by atoms with van der Waals surface area (Å²) in [5, 5.41) is 2.24. The molecule has 0 aliphatic heterocycles. The Morgan fingerprint density at radius 1 is 0.826 bits per heavy atom. The monoisotopic (exact) mass is 308 g/mol. The fraction of sp³-hybridized carbons (Fsp3) is 0.0556. The van der Waals surface area contributed by atoms with Gasteiger partial charge in [-0.2, -0.15) is 0 Å². The van der Waals surface area contributed by atoms with Crippen LogP contribution in [-0.4, -0.2) is 5.91 Å². The Kier molecular flexibility index (Phi) is 6.11. The molecule has 3 aromatic carbocycles. The molecule has 5 nitrogen and oxygen atoms in total. The molecule has 0 aliphatic rings. The zero-order valence-corrected chi connectivity index (χ0v) is 12.7. The van der Waals surface area contributed by atoms with Crippen molar-refractivity contribution < 1.29 is 4.79 Å². The highest BCUT2D eigenvalue weighted by Crippen LogP contribution is 2.18. The van der Waals surface area contributed by atoms with Gasteiger partial charge in [0.1, 0.15) is 0 Å². The smallest absolute Gasteiger partial charge is 0.238 e. The average Bonchev–Trinajstić information content (AvgIpc) is 2.63. The summed E-state index contributed by atoms with van der Waals surface area (Å²) in [7, 11) is 0. The number of carbonyl (C=O) groups excluding carboxylic acids is 1. The van der Waals surface area contributed by atoms with E-state index in [0.29, 0.717) is 6.42 Å². The number of nitrogens with two attached hydrogens (primary N) is 2. The minimum absolute atomic E-state index is 0.175. The van der Waals surface area contributed by atoms with Crippen molar-refractivity contribution in [3.05, 3.63) is 78.4 Å². The maximum atomic E-state index is 11.2. The van der Waals surface area contributed by atoms with Gasteiger partial charge in [-0.15, -0.1) is 0 Å². The van der Waals surface area contributed by atoms with Crippen molar-refractivity contribution in [2.45, 2.75) is 6.42 Å². The highest BCUT2D eigenvalue weighted by atomic mass is 16.2. The summed E-state index contributed by atoms with van der Waals surface area (Å²) in [4.78, 5) is 11.2. The first-order valence-corrected chi connectivity index (χ1v) is 7.22. The lowest BCUT2D eigenvalue weighted by Gasteiger charge is -2.05. The maximum absolute atomic E-state index is 11.2. The van der Waals surface area contributed by atoms with Gasteiger partial charge in [-0.25, -0.2) is 5.84 Å². The second-order valence-corrected chi connectivity index (χ2v) is 4.89. The summed E-state index contributed by atoms with van der Waals surface area (Å²) in [5.41, 5.74) is 6.60. The normalized spacial score (nSPS) is 9.65. The van der Waals surface area contributed by atoms with E-state index in [-0.39, 0.29) is 5.91 Å². The van der Waals surface area contributed by atoms with Gasteiger partial charge in [-0.1, -0.05) is 60.7 Å². The molecule has 0 bridgehead atoms. The van der Waals surface area contributed by atoms with Gasteiger partial charge in [-0.05, 0) is 28.5 Å². The van der Waals surface area contributed by atoms with Crippen LogP contribution in [0, 0.1) is 0 Å². The van der Waals surface area contributed by atoms with Crippen LogP contribution in [0.5, 0.6) is 0 Å². The predicted molar refractivity (Wildman–Crippen MR) is 94.2 cm³/mol. The fourth-order valence-electron chi connectivity index (χ4n) is 2.21. The summed E-state index contributed by atoms with van der Waals surface area (Å²) in [5.74, 6) is 9.99. The molecule has 0 radical (unpaired) electrons. The van der Waals surface area contributed by atoms with Gasteiger partial charge in [0.15, 0.2) is 0 Å². The number of fused-ring (bicyclic) bond motifs is 1. The van der Waals surface area contributed by atoms with Crippen LogP contribution in [0.4, 0.5) is 5.69 Å². The highest BCUT2D eigenvalue weighted by molar-refractivity contribution is 5.90. The molecule has 0 aromatic heterocycles. The number of nitrogen functional groups attached to an aromatic ring is 1. The molecule has 1 amide bonds. The molecule has 5 heteroatoms. The van der Waals surface area contributed by atoms with E-state index in [9.17, 15) is 4.79 Å². The zero-order chi connectivity index (χ0) is 16.5. The van der Waals surface area contributed by atoms with E-state index in [1.807, 2.05) is 72.8 Å². The van der Waals surface area contributed by atoms with Gasteiger partial charge < -0.3 is 5.43 Å². The van der Waals surface area contributed by atoms with E-state index in [1.54, 1.807) is 0 Å². The van der Waals surface area contributed by atoms with Crippen LogP contribution >= 0.6 is 0 Å². The quantitative estimate of drug-likeness (QED) is 0.339. The fourth-order valence-corrected chi connectivity index (χ4v) is 2.21. The molecule has 3 rings (SSSR count). The van der Waals surface area contributed by atoms with Crippen molar-refractivity contribution in [1.29, 1.82) is 0 Å². The molecule has 0 aliphatic carbocycles. The Bertz CT molecular complexity index is 754. The number of carbonyl (C=O) groups is 1. The van der Waals surface area contributed by atoms with Gasteiger partial charge in [0, 0.05) is 5.69 Å². The number of para-hydroxylation sites is 1. The lowest BCUT2D eigenvalue weighted by Crippen LogP contribution is -2.31. The van der Waals surface area contributed by atoms with Gasteiger partial charge in [0.25, 0.3) is 0 Å². The zero-order valence-electron chi connectivity index (χ0n) is 12.7. The summed E-state index contributed by atoms with van der Waals surface area (Å²) in [6, 6.07) is 23.5. The van der Waals surface area contributed by atoms with E-state index in [1.165, 1.54) is 0 Å². The van der Waals surface area contributed by atoms with E-state index in [4.69, 9.17) is 11.7 Å². The number of amides is 1. The largest absolute Gasteiger partial charge is 0.324 e. The van der Waals surface area contributed by atoms with Crippen LogP contribution in [0.15, 0.2) is 72.8 Å². The average molecular weight is 308 g/mol. The Morgan fingerprint density at radius 2 is 1.48 bits per heavy atom. The van der Waals surface area contributed by atoms with Crippen LogP contribution in [0.25, 0.3) is 10.8 Å². The molecule has 0 spiro atoms. The number of benzene rings is 3. The molecule has 0 unspecified atom stereocenters. The van der Waals surface area contributed by atoms with Crippen molar-refractivity contribution >= 4 is 22.4 Å². The second-order valence-electron chi connectivity index (χ2n) is 4.89. The number of hydrogen-bond acceptors (Lipinski definition) is 4. The number of hydrogen-bond donors (Lipinski definition) is 4. The van der Waals surface area contributed by atoms with Gasteiger partial charge in [-0.3, -0.25) is 16.1 Å². The van der Waals surface area contributed by atoms with Gasteiger partial charge in [0.2, 0.25) is 5.91 Å². The lowest BCUT2D eigenvalue weighted by molar-refractivity contribution is -0.120. The van der Waals surface area contributed by atoms with Crippen LogP contribution in [0.1, 0.15) is 5.56 Å². The third-order valence-corrected chi connectivity index (χ3v) is 3.33.